The molecule has 0 radical (unpaired) electrons. The number of hydrogen-bond acceptors (Lipinski definition) is 2. The molecule has 0 fully saturated rings. The van der Waals surface area contributed by atoms with E-state index in [4.69, 9.17) is 23.2 Å². The van der Waals surface area contributed by atoms with E-state index in [0.717, 1.165) is 11.0 Å². The van der Waals surface area contributed by atoms with E-state index >= 15 is 0 Å². The maximum atomic E-state index is 13.6. The van der Waals surface area contributed by atoms with Crippen LogP contribution in [0, 0.1) is 5.82 Å². The van der Waals surface area contributed by atoms with E-state index in [1.54, 1.807) is 19.1 Å². The summed E-state index contributed by atoms with van der Waals surface area (Å²) >= 11 is 12.8. The van der Waals surface area contributed by atoms with Crippen LogP contribution in [0.3, 0.4) is 0 Å². The van der Waals surface area contributed by atoms with E-state index in [2.05, 4.69) is 5.32 Å². The minimum absolute atomic E-state index is 0.118. The largest absolute Gasteiger partial charge is 0.323 e. The van der Waals surface area contributed by atoms with Gasteiger partial charge in [-0.3, -0.25) is 4.79 Å². The number of carbonyl (C=O) groups excluding carboxylic acids is 1. The summed E-state index contributed by atoms with van der Waals surface area (Å²) < 4.78 is 13.6. The van der Waals surface area contributed by atoms with E-state index in [9.17, 15) is 9.18 Å². The van der Waals surface area contributed by atoms with Crippen LogP contribution in [0.4, 0.5) is 10.1 Å². The number of hydrogen-bond donors (Lipinski definition) is 1. The quantitative estimate of drug-likeness (QED) is 0.768. The van der Waals surface area contributed by atoms with Crippen LogP contribution < -0.4 is 5.32 Å². The highest BCUT2D eigenvalue weighted by Gasteiger charge is 2.16. The van der Waals surface area contributed by atoms with Crippen LogP contribution in [0.15, 0.2) is 47.4 Å². The van der Waals surface area contributed by atoms with Gasteiger partial charge in [0.2, 0.25) is 5.91 Å². The normalized spacial score (nSPS) is 12.0. The molecular weight excluding hydrogens is 332 g/mol. The Morgan fingerprint density at radius 2 is 1.76 bits per heavy atom. The first-order valence-electron chi connectivity index (χ1n) is 6.14. The zero-order chi connectivity index (χ0) is 15.4. The Bertz CT molecular complexity index is 649. The Morgan fingerprint density at radius 3 is 2.38 bits per heavy atom. The monoisotopic (exact) mass is 343 g/mol. The lowest BCUT2D eigenvalue weighted by Gasteiger charge is -2.12. The molecule has 0 bridgehead atoms. The summed E-state index contributed by atoms with van der Waals surface area (Å²) in [4.78, 5) is 13.0. The summed E-state index contributed by atoms with van der Waals surface area (Å²) in [7, 11) is 0. The minimum atomic E-state index is -0.556. The number of thioether (sulfide) groups is 1. The lowest BCUT2D eigenvalue weighted by molar-refractivity contribution is -0.115. The summed E-state index contributed by atoms with van der Waals surface area (Å²) in [5, 5.41) is 3.10. The predicted molar refractivity (Wildman–Crippen MR) is 86.8 cm³/mol. The smallest absolute Gasteiger partial charge is 0.237 e. The van der Waals surface area contributed by atoms with Crippen molar-refractivity contribution in [3.8, 4) is 0 Å². The lowest BCUT2D eigenvalue weighted by atomic mass is 10.3. The van der Waals surface area contributed by atoms with Crippen molar-refractivity contribution in [2.45, 2.75) is 17.1 Å². The van der Waals surface area contributed by atoms with Crippen LogP contribution in [-0.4, -0.2) is 11.2 Å². The minimum Gasteiger partial charge on any atom is -0.323 e. The summed E-state index contributed by atoms with van der Waals surface area (Å²) in [6.07, 6.45) is 0. The molecule has 110 valence electrons. The number of anilines is 1. The third-order valence-corrected chi connectivity index (χ3v) is 4.28. The first-order valence-corrected chi connectivity index (χ1v) is 7.77. The topological polar surface area (TPSA) is 29.1 Å². The Hall–Kier alpha value is -1.23. The summed E-state index contributed by atoms with van der Waals surface area (Å²) in [6, 6.07) is 11.3. The lowest BCUT2D eigenvalue weighted by Crippen LogP contribution is -2.22. The average molecular weight is 344 g/mol. The second-order valence-electron chi connectivity index (χ2n) is 4.33. The van der Waals surface area contributed by atoms with Crippen molar-refractivity contribution in [2.24, 2.45) is 0 Å². The Kier molecular flexibility index (Phi) is 5.51. The van der Waals surface area contributed by atoms with Crippen molar-refractivity contribution in [1.29, 1.82) is 0 Å². The molecule has 21 heavy (non-hydrogen) atoms. The van der Waals surface area contributed by atoms with Crippen molar-refractivity contribution in [2.75, 3.05) is 5.32 Å². The summed E-state index contributed by atoms with van der Waals surface area (Å²) in [5.74, 6) is -0.837. The molecule has 0 aromatic heterocycles. The van der Waals surface area contributed by atoms with Crippen LogP contribution in [0.25, 0.3) is 0 Å². The van der Waals surface area contributed by atoms with E-state index in [0.29, 0.717) is 5.02 Å². The Labute approximate surface area is 136 Å². The Morgan fingerprint density at radius 1 is 1.14 bits per heavy atom. The molecule has 2 nitrogen and oxygen atoms in total. The molecule has 1 amide bonds. The molecule has 1 atom stereocenters. The molecule has 0 aliphatic heterocycles. The maximum absolute atomic E-state index is 13.6. The SMILES string of the molecule is CC(Sc1ccc(Cl)cc1)C(=O)Nc1ccc(Cl)cc1F. The van der Waals surface area contributed by atoms with E-state index < -0.39 is 5.82 Å². The van der Waals surface area contributed by atoms with Crippen molar-refractivity contribution in [3.63, 3.8) is 0 Å². The van der Waals surface area contributed by atoms with E-state index in [-0.39, 0.29) is 21.9 Å². The zero-order valence-corrected chi connectivity index (χ0v) is 13.4. The van der Waals surface area contributed by atoms with E-state index in [1.165, 1.54) is 23.9 Å². The number of benzene rings is 2. The van der Waals surface area contributed by atoms with Crippen molar-refractivity contribution >= 4 is 46.6 Å². The van der Waals surface area contributed by atoms with Crippen LogP contribution in [0.2, 0.25) is 10.0 Å². The molecule has 1 N–H and O–H groups in total. The molecule has 0 aliphatic carbocycles. The van der Waals surface area contributed by atoms with Gasteiger partial charge in [0.1, 0.15) is 5.82 Å². The fraction of sp³-hybridized carbons (Fsp3) is 0.133. The number of halogens is 3. The molecule has 1 unspecified atom stereocenters. The van der Waals surface area contributed by atoms with Gasteiger partial charge in [0, 0.05) is 14.9 Å². The molecule has 2 aromatic carbocycles. The third kappa shape index (κ3) is 4.63. The standard InChI is InChI=1S/C15H12Cl2FNOS/c1-9(21-12-5-2-10(16)3-6-12)15(20)19-14-7-4-11(17)8-13(14)18/h2-9H,1H3,(H,19,20). The molecule has 0 spiro atoms. The molecule has 0 heterocycles. The van der Waals surface area contributed by atoms with Crippen LogP contribution in [-0.2, 0) is 4.79 Å². The van der Waals surface area contributed by atoms with Gasteiger partial charge < -0.3 is 5.32 Å². The summed E-state index contributed by atoms with van der Waals surface area (Å²) in [6.45, 7) is 1.75. The van der Waals surface area contributed by atoms with Crippen LogP contribution in [0.5, 0.6) is 0 Å². The van der Waals surface area contributed by atoms with Gasteiger partial charge in [-0.05, 0) is 49.4 Å². The molecule has 0 saturated carbocycles. The fourth-order valence-corrected chi connectivity index (χ4v) is 2.75. The van der Waals surface area contributed by atoms with E-state index in [1.807, 2.05) is 12.1 Å². The van der Waals surface area contributed by atoms with Crippen molar-refractivity contribution in [3.05, 3.63) is 58.3 Å². The van der Waals surface area contributed by atoms with Crippen LogP contribution >= 0.6 is 35.0 Å². The van der Waals surface area contributed by atoms with Gasteiger partial charge in [-0.2, -0.15) is 0 Å². The molecule has 0 saturated heterocycles. The second-order valence-corrected chi connectivity index (χ2v) is 6.61. The maximum Gasteiger partial charge on any atom is 0.237 e. The average Bonchev–Trinajstić information content (AvgIpc) is 2.44. The molecular formula is C15H12Cl2FNOS. The van der Waals surface area contributed by atoms with Gasteiger partial charge in [-0.15, -0.1) is 11.8 Å². The van der Waals surface area contributed by atoms with Gasteiger partial charge in [-0.25, -0.2) is 4.39 Å². The van der Waals surface area contributed by atoms with Gasteiger partial charge in [0.25, 0.3) is 0 Å². The first-order chi connectivity index (χ1) is 9.95. The molecule has 2 rings (SSSR count). The number of rotatable bonds is 4. The summed E-state index contributed by atoms with van der Waals surface area (Å²) in [5.41, 5.74) is 0.118. The van der Waals surface area contributed by atoms with Crippen LogP contribution in [0.1, 0.15) is 6.92 Å². The van der Waals surface area contributed by atoms with Gasteiger partial charge in [0.15, 0.2) is 0 Å². The predicted octanol–water partition coefficient (Wildman–Crippen LogP) is 5.25. The molecule has 0 aliphatic rings. The van der Waals surface area contributed by atoms with Gasteiger partial charge >= 0.3 is 0 Å². The third-order valence-electron chi connectivity index (χ3n) is 2.68. The fourth-order valence-electron chi connectivity index (χ4n) is 1.60. The molecule has 2 aromatic rings. The van der Waals surface area contributed by atoms with Crippen molar-refractivity contribution < 1.29 is 9.18 Å². The Balaban J connectivity index is 2.00. The highest BCUT2D eigenvalue weighted by molar-refractivity contribution is 8.00. The highest BCUT2D eigenvalue weighted by Crippen LogP contribution is 2.26. The number of nitrogens with one attached hydrogen (secondary N) is 1. The number of amides is 1. The highest BCUT2D eigenvalue weighted by atomic mass is 35.5. The second kappa shape index (κ2) is 7.16. The first kappa shape index (κ1) is 16.1. The zero-order valence-electron chi connectivity index (χ0n) is 11.1. The van der Waals surface area contributed by atoms with Gasteiger partial charge in [0.05, 0.1) is 10.9 Å². The molecule has 6 heteroatoms. The van der Waals surface area contributed by atoms with Crippen molar-refractivity contribution in [1.82, 2.24) is 0 Å². The van der Waals surface area contributed by atoms with Gasteiger partial charge in [-0.1, -0.05) is 23.2 Å². The number of carbonyl (C=O) groups is 1.